The number of aromatic nitrogens is 4. The van der Waals surface area contributed by atoms with E-state index in [1.54, 1.807) is 26.0 Å². The maximum atomic E-state index is 14.3. The number of halogens is 4. The van der Waals surface area contributed by atoms with Gasteiger partial charge in [-0.05, 0) is 371 Å². The number of carboxylic acids is 2. The number of hydrogen-bond acceptors (Lipinski definition) is 22. The Morgan fingerprint density at radius 3 is 0.867 bits per heavy atom. The number of likely N-dealkylation sites (tertiary alicyclic amines) is 4. The number of pyridine rings is 4. The number of anilines is 4. The Kier molecular flexibility index (Phi) is 42.3. The second kappa shape index (κ2) is 56.9. The molecule has 24 nitrogen and oxygen atoms in total. The molecule has 0 amide bonds. The molecule has 12 aliphatic rings. The predicted molar refractivity (Wildman–Crippen MR) is 579 cm³/mol. The Hall–Kier alpha value is -9.72. The monoisotopic (exact) mass is 2070 g/mol. The highest BCUT2D eigenvalue weighted by Crippen LogP contribution is 2.45. The number of carbonyl (C=O) groups is 4. The number of Topliss-reactive ketones (excluding diaryl/α,β-unsaturated/α-hetero) is 2. The molecule has 812 valence electrons. The molecule has 0 unspecified atom stereocenters. The standard InChI is InChI=1S/2C31H42FN3O3.2C30H40FN3O3/c2*32-24-13-15-27(22-8-3-1-4-9-22)28(20-24)29(31(36)37)35-18-16-26(21-35)38-19-6-2-5-11-25-14-12-23-10-7-17-33-30(23)34-25;2*1-21(35)29(27-19-23(31)11-13-26(27)28-9-6-18-37-28)34-16-14-25(20-34)36-17-4-2-3-8-24-12-10-22-7-5-15-32-30(22)33-24/h2*12-15,20,22,26,29H,1-11,16-19,21H2,(H,33,34)(H,36,37);2*10-13,19,25,28-29H,2-9,14-18,20H2,1H3,(H,32,33)/t26-,29+;26-,29-;25-,28-,29+;25-,28-,29-/m1111/s1. The number of hydrogen-bond donors (Lipinski definition) is 6. The third-order valence-corrected chi connectivity index (χ3v) is 33.0. The number of rotatable bonds is 44. The van der Waals surface area contributed by atoms with Crippen molar-refractivity contribution < 1.29 is 75.4 Å². The van der Waals surface area contributed by atoms with E-state index in [2.05, 4.69) is 79.6 Å². The molecule has 2 aliphatic carbocycles. The Morgan fingerprint density at radius 2 is 0.600 bits per heavy atom. The van der Waals surface area contributed by atoms with Gasteiger partial charge in [-0.15, -0.1) is 0 Å². The Balaban J connectivity index is 0.000000136. The number of aliphatic carboxylic acids is 2. The maximum absolute atomic E-state index is 14.3. The van der Waals surface area contributed by atoms with Crippen LogP contribution in [0.3, 0.4) is 0 Å². The van der Waals surface area contributed by atoms with Crippen LogP contribution in [0.2, 0.25) is 0 Å². The largest absolute Gasteiger partial charge is 0.480 e. The molecule has 6 saturated heterocycles. The van der Waals surface area contributed by atoms with E-state index in [0.29, 0.717) is 88.7 Å². The van der Waals surface area contributed by atoms with Gasteiger partial charge in [0.15, 0.2) is 11.6 Å². The van der Waals surface area contributed by atoms with Crippen molar-refractivity contribution >= 4 is 46.8 Å². The predicted octanol–water partition coefficient (Wildman–Crippen LogP) is 23.6. The van der Waals surface area contributed by atoms with Crippen molar-refractivity contribution in [1.82, 2.24) is 39.5 Å². The third-order valence-electron chi connectivity index (χ3n) is 33.0. The number of carboxylic acid groups (broad SMARTS) is 2. The number of nitrogens with one attached hydrogen (secondary N) is 4. The lowest BCUT2D eigenvalue weighted by Gasteiger charge is -2.30. The van der Waals surface area contributed by atoms with Crippen molar-refractivity contribution in [3.8, 4) is 0 Å². The Morgan fingerprint density at radius 1 is 0.327 bits per heavy atom. The summed E-state index contributed by atoms with van der Waals surface area (Å²) in [4.78, 5) is 77.9. The molecular formula is C122H164F4N12O12. The van der Waals surface area contributed by atoms with E-state index in [0.717, 1.165) is 363 Å². The fourth-order valence-corrected chi connectivity index (χ4v) is 25.1. The van der Waals surface area contributed by atoms with Crippen LogP contribution in [0.25, 0.3) is 0 Å². The van der Waals surface area contributed by atoms with Crippen molar-refractivity contribution in [2.45, 2.75) is 356 Å². The number of benzene rings is 4. The summed E-state index contributed by atoms with van der Waals surface area (Å²) in [6, 6.07) is 34.2. The van der Waals surface area contributed by atoms with Gasteiger partial charge in [-0.3, -0.25) is 38.8 Å². The number of ketones is 2. The molecule has 4 aromatic heterocycles. The van der Waals surface area contributed by atoms with Gasteiger partial charge in [0.25, 0.3) is 0 Å². The molecule has 10 atom stereocenters. The summed E-state index contributed by atoms with van der Waals surface area (Å²) in [6.07, 6.45) is 44.5. The molecule has 28 heteroatoms. The van der Waals surface area contributed by atoms with Gasteiger partial charge < -0.3 is 59.9 Å². The van der Waals surface area contributed by atoms with Crippen LogP contribution in [0, 0.1) is 23.3 Å². The van der Waals surface area contributed by atoms with Gasteiger partial charge in [0.1, 0.15) is 58.6 Å². The zero-order chi connectivity index (χ0) is 104. The summed E-state index contributed by atoms with van der Waals surface area (Å²) < 4.78 is 93.7. The zero-order valence-electron chi connectivity index (χ0n) is 89.0. The van der Waals surface area contributed by atoms with Crippen molar-refractivity contribution in [1.29, 1.82) is 0 Å². The van der Waals surface area contributed by atoms with E-state index in [1.807, 2.05) is 21.9 Å². The van der Waals surface area contributed by atoms with Gasteiger partial charge in [0.2, 0.25) is 0 Å². The van der Waals surface area contributed by atoms with Gasteiger partial charge in [0.05, 0.1) is 48.7 Å². The highest BCUT2D eigenvalue weighted by atomic mass is 19.1. The minimum absolute atomic E-state index is 0.0249. The number of fused-ring (bicyclic) bond motifs is 4. The smallest absolute Gasteiger partial charge is 0.325 e. The normalized spacial score (nSPS) is 21.8. The summed E-state index contributed by atoms with van der Waals surface area (Å²) in [6.45, 7) is 16.9. The average Bonchev–Trinajstić information content (AvgIpc) is 1.52. The summed E-state index contributed by atoms with van der Waals surface area (Å²) in [5.41, 5.74) is 16.7. The first-order valence-corrected chi connectivity index (χ1v) is 57.5. The van der Waals surface area contributed by atoms with Crippen LogP contribution < -0.4 is 21.3 Å². The van der Waals surface area contributed by atoms with E-state index in [9.17, 15) is 47.0 Å². The highest BCUT2D eigenvalue weighted by Gasteiger charge is 2.42. The van der Waals surface area contributed by atoms with Gasteiger partial charge in [0, 0.05) is 141 Å². The SMILES string of the molecule is CC(=O)[C@@H](c1cc(F)ccc1[C@H]1CCCO1)N1CC[C@@H](OCCCCCc2ccc3c(n2)NCCC3)C1.CC(=O)[C@H](c1cc(F)ccc1[C@H]1CCCO1)N1CC[C@@H](OCCCCCc2ccc3c(n2)NCCC3)C1.O=C(O)[C@@H](c1cc(F)ccc1C1CCCCC1)N1CC[C@@H](OCCCCCc2ccc3c(n2)NCCC3)C1.O=C(O)[C@H](c1cc(F)ccc1C1CCCCC1)N1CC[C@@H](OCCCCCc2ccc3c(n2)NCCC3)C1. The van der Waals surface area contributed by atoms with Crippen molar-refractivity contribution in [2.24, 2.45) is 0 Å². The number of carbonyl (C=O) groups excluding carboxylic acids is 2. The van der Waals surface area contributed by atoms with Crippen LogP contribution in [-0.2, 0) is 99.0 Å². The molecule has 0 radical (unpaired) electrons. The van der Waals surface area contributed by atoms with Gasteiger partial charge >= 0.3 is 11.9 Å². The lowest BCUT2D eigenvalue weighted by Crippen LogP contribution is -2.34. The van der Waals surface area contributed by atoms with Crippen molar-refractivity contribution in [3.05, 3.63) is 234 Å². The zero-order valence-corrected chi connectivity index (χ0v) is 89.0. The minimum atomic E-state index is -0.903. The van der Waals surface area contributed by atoms with Crippen LogP contribution in [0.5, 0.6) is 0 Å². The fraction of sp³-hybridized carbons (Fsp3) is 0.607. The molecule has 8 fully saturated rings. The number of aryl methyl sites for hydroxylation is 8. The van der Waals surface area contributed by atoms with Crippen LogP contribution in [0.1, 0.15) is 370 Å². The van der Waals surface area contributed by atoms with Crippen LogP contribution >= 0.6 is 0 Å². The summed E-state index contributed by atoms with van der Waals surface area (Å²) >= 11 is 0. The second-order valence-corrected chi connectivity index (χ2v) is 44.0. The lowest BCUT2D eigenvalue weighted by atomic mass is 9.80. The van der Waals surface area contributed by atoms with Gasteiger partial charge in [-0.2, -0.15) is 0 Å². The second-order valence-electron chi connectivity index (χ2n) is 44.0. The molecule has 2 saturated carbocycles. The first-order chi connectivity index (χ1) is 73.3. The van der Waals surface area contributed by atoms with Gasteiger partial charge in [-0.1, -0.05) is 113 Å². The Bertz CT molecular complexity index is 5340. The average molecular weight is 2070 g/mol. The molecule has 0 spiro atoms. The lowest BCUT2D eigenvalue weighted by molar-refractivity contribution is -0.144. The van der Waals surface area contributed by atoms with Crippen molar-refractivity contribution in [3.63, 3.8) is 0 Å². The van der Waals surface area contributed by atoms with E-state index in [4.69, 9.17) is 48.4 Å². The summed E-state index contributed by atoms with van der Waals surface area (Å²) in [5.74, 6) is 1.84. The molecule has 10 aliphatic heterocycles. The molecule has 4 aromatic carbocycles. The van der Waals surface area contributed by atoms with Gasteiger partial charge in [-0.25, -0.2) is 37.5 Å². The van der Waals surface area contributed by atoms with E-state index < -0.39 is 36.1 Å². The molecular weight excluding hydrogens is 1900 g/mol. The van der Waals surface area contributed by atoms with E-state index in [-0.39, 0.29) is 71.5 Å². The Labute approximate surface area is 886 Å². The van der Waals surface area contributed by atoms with E-state index >= 15 is 0 Å². The molecule has 20 rings (SSSR count). The number of ether oxygens (including phenoxy) is 6. The highest BCUT2D eigenvalue weighted by molar-refractivity contribution is 5.84. The fourth-order valence-electron chi connectivity index (χ4n) is 25.1. The number of unbranched alkanes of at least 4 members (excludes halogenated alkanes) is 8. The topological polar surface area (TPSA) is 277 Å². The first kappa shape index (κ1) is 111. The van der Waals surface area contributed by atoms with Crippen LogP contribution in [0.15, 0.2) is 121 Å². The van der Waals surface area contributed by atoms with E-state index in [1.165, 1.54) is 109 Å². The minimum Gasteiger partial charge on any atom is -0.480 e. The molecule has 6 N–H and O–H groups in total. The van der Waals surface area contributed by atoms with Crippen LogP contribution in [-0.4, -0.2) is 216 Å². The molecule has 14 heterocycles. The molecule has 0 bridgehead atoms. The summed E-state index contributed by atoms with van der Waals surface area (Å²) in [5, 5.41) is 34.0. The number of nitrogens with zero attached hydrogens (tertiary/aromatic N) is 8. The third kappa shape index (κ3) is 31.4. The summed E-state index contributed by atoms with van der Waals surface area (Å²) in [7, 11) is 0. The van der Waals surface area contributed by atoms with Crippen LogP contribution in [0.4, 0.5) is 40.8 Å². The van der Waals surface area contributed by atoms with Crippen molar-refractivity contribution in [2.75, 3.05) is 139 Å². The quantitative estimate of drug-likeness (QED) is 0.0153. The maximum Gasteiger partial charge on any atom is 0.325 e. The first-order valence-electron chi connectivity index (χ1n) is 57.5. The molecule has 8 aromatic rings. The molecule has 150 heavy (non-hydrogen) atoms.